The first-order valence-electron chi connectivity index (χ1n) is 6.27. The van der Waals surface area contributed by atoms with Crippen molar-refractivity contribution in [3.05, 3.63) is 53.3 Å². The Balaban J connectivity index is 2.37. The predicted octanol–water partition coefficient (Wildman–Crippen LogP) is 3.25. The molecule has 0 spiro atoms. The molecule has 0 atom stereocenters. The van der Waals surface area contributed by atoms with Gasteiger partial charge in [0.1, 0.15) is 0 Å². The Kier molecular flexibility index (Phi) is 4.18. The van der Waals surface area contributed by atoms with Crippen molar-refractivity contribution in [2.45, 2.75) is 18.7 Å². The number of hydrogen-bond donors (Lipinski definition) is 1. The van der Waals surface area contributed by atoms with E-state index in [-0.39, 0.29) is 16.3 Å². The Morgan fingerprint density at radius 3 is 2.43 bits per heavy atom. The lowest BCUT2D eigenvalue weighted by Gasteiger charge is -2.12. The van der Waals surface area contributed by atoms with Gasteiger partial charge in [-0.15, -0.1) is 0 Å². The standard InChI is InChI=1S/C15H16FNO3S/c1-10-4-5-11(2)15(8-10)21(18,19)17-12-6-7-14(20-3)13(16)9-12/h4-9,17H,1-3H3. The molecular formula is C15H16FNO3S. The summed E-state index contributed by atoms with van der Waals surface area (Å²) < 4.78 is 45.5. The second-order valence-corrected chi connectivity index (χ2v) is 6.37. The Morgan fingerprint density at radius 1 is 1.10 bits per heavy atom. The summed E-state index contributed by atoms with van der Waals surface area (Å²) in [6.45, 7) is 3.52. The first-order chi connectivity index (χ1) is 9.83. The molecule has 21 heavy (non-hydrogen) atoms. The zero-order valence-corrected chi connectivity index (χ0v) is 12.8. The van der Waals surface area contributed by atoms with Gasteiger partial charge in [0.25, 0.3) is 10.0 Å². The minimum Gasteiger partial charge on any atom is -0.494 e. The van der Waals surface area contributed by atoms with Crippen LogP contribution in [0.4, 0.5) is 10.1 Å². The van der Waals surface area contributed by atoms with Crippen LogP contribution >= 0.6 is 0 Å². The molecule has 112 valence electrons. The van der Waals surface area contributed by atoms with E-state index in [1.807, 2.05) is 13.0 Å². The molecule has 6 heteroatoms. The lowest BCUT2D eigenvalue weighted by Crippen LogP contribution is -2.14. The SMILES string of the molecule is COc1ccc(NS(=O)(=O)c2cc(C)ccc2C)cc1F. The number of anilines is 1. The minimum absolute atomic E-state index is 0.0599. The number of ether oxygens (including phenoxy) is 1. The highest BCUT2D eigenvalue weighted by molar-refractivity contribution is 7.92. The number of sulfonamides is 1. The van der Waals surface area contributed by atoms with E-state index in [4.69, 9.17) is 4.74 Å². The van der Waals surface area contributed by atoms with Crippen LogP contribution in [0.5, 0.6) is 5.75 Å². The van der Waals surface area contributed by atoms with Crippen LogP contribution in [0, 0.1) is 19.7 Å². The largest absolute Gasteiger partial charge is 0.494 e. The van der Waals surface area contributed by atoms with Crippen LogP contribution in [-0.2, 0) is 10.0 Å². The van der Waals surface area contributed by atoms with Crippen LogP contribution in [0.25, 0.3) is 0 Å². The van der Waals surface area contributed by atoms with Gasteiger partial charge in [-0.1, -0.05) is 12.1 Å². The fourth-order valence-electron chi connectivity index (χ4n) is 1.94. The zero-order chi connectivity index (χ0) is 15.6. The van der Waals surface area contributed by atoms with Gasteiger partial charge in [0, 0.05) is 6.07 Å². The van der Waals surface area contributed by atoms with E-state index in [0.717, 1.165) is 11.6 Å². The van der Waals surface area contributed by atoms with E-state index in [2.05, 4.69) is 4.72 Å². The molecule has 1 N–H and O–H groups in total. The second-order valence-electron chi connectivity index (χ2n) is 4.72. The third-order valence-corrected chi connectivity index (χ3v) is 4.56. The van der Waals surface area contributed by atoms with Gasteiger partial charge in [-0.2, -0.15) is 0 Å². The highest BCUT2D eigenvalue weighted by Gasteiger charge is 2.17. The zero-order valence-electron chi connectivity index (χ0n) is 12.0. The van der Waals surface area contributed by atoms with Crippen LogP contribution in [-0.4, -0.2) is 15.5 Å². The number of benzene rings is 2. The Bertz CT molecular complexity index is 772. The van der Waals surface area contributed by atoms with Crippen molar-refractivity contribution in [3.63, 3.8) is 0 Å². The number of aryl methyl sites for hydroxylation is 2. The van der Waals surface area contributed by atoms with Crippen LogP contribution in [0.15, 0.2) is 41.3 Å². The van der Waals surface area contributed by atoms with Gasteiger partial charge in [-0.05, 0) is 43.2 Å². The quantitative estimate of drug-likeness (QED) is 0.943. The summed E-state index contributed by atoms with van der Waals surface area (Å²) >= 11 is 0. The highest BCUT2D eigenvalue weighted by atomic mass is 32.2. The summed E-state index contributed by atoms with van der Waals surface area (Å²) in [5.41, 5.74) is 1.61. The van der Waals surface area contributed by atoms with E-state index < -0.39 is 15.8 Å². The van der Waals surface area contributed by atoms with Crippen LogP contribution < -0.4 is 9.46 Å². The van der Waals surface area contributed by atoms with E-state index in [1.165, 1.54) is 19.2 Å². The van der Waals surface area contributed by atoms with Gasteiger partial charge in [-0.3, -0.25) is 4.72 Å². The van der Waals surface area contributed by atoms with Gasteiger partial charge < -0.3 is 4.74 Å². The summed E-state index contributed by atoms with van der Waals surface area (Å²) in [7, 11) is -2.41. The second kappa shape index (κ2) is 5.73. The van der Waals surface area contributed by atoms with Crippen molar-refractivity contribution in [2.24, 2.45) is 0 Å². The first-order valence-corrected chi connectivity index (χ1v) is 7.75. The number of halogens is 1. The summed E-state index contributed by atoms with van der Waals surface area (Å²) in [6.07, 6.45) is 0. The number of hydrogen-bond acceptors (Lipinski definition) is 3. The molecule has 2 rings (SSSR count). The molecular weight excluding hydrogens is 293 g/mol. The molecule has 4 nitrogen and oxygen atoms in total. The molecule has 2 aromatic rings. The average Bonchev–Trinajstić information content (AvgIpc) is 2.41. The van der Waals surface area contributed by atoms with Crippen molar-refractivity contribution in [3.8, 4) is 5.75 Å². The van der Waals surface area contributed by atoms with Gasteiger partial charge in [0.15, 0.2) is 11.6 Å². The van der Waals surface area contributed by atoms with Gasteiger partial charge in [0.05, 0.1) is 17.7 Å². The minimum atomic E-state index is -3.76. The van der Waals surface area contributed by atoms with E-state index in [1.54, 1.807) is 19.1 Å². The van der Waals surface area contributed by atoms with Crippen molar-refractivity contribution >= 4 is 15.7 Å². The first kappa shape index (κ1) is 15.3. The van der Waals surface area contributed by atoms with Crippen LogP contribution in [0.1, 0.15) is 11.1 Å². The summed E-state index contributed by atoms with van der Waals surface area (Å²) in [6, 6.07) is 9.06. The number of rotatable bonds is 4. The third kappa shape index (κ3) is 3.33. The maximum absolute atomic E-state index is 13.6. The summed E-state index contributed by atoms with van der Waals surface area (Å²) in [4.78, 5) is 0.179. The molecule has 0 heterocycles. The molecule has 0 radical (unpaired) electrons. The lowest BCUT2D eigenvalue weighted by atomic mass is 10.2. The molecule has 0 aliphatic rings. The van der Waals surface area contributed by atoms with Crippen molar-refractivity contribution in [1.82, 2.24) is 0 Å². The third-order valence-electron chi connectivity index (χ3n) is 3.04. The van der Waals surface area contributed by atoms with Crippen molar-refractivity contribution < 1.29 is 17.5 Å². The smallest absolute Gasteiger partial charge is 0.262 e. The molecule has 0 unspecified atom stereocenters. The van der Waals surface area contributed by atoms with Gasteiger partial charge >= 0.3 is 0 Å². The molecule has 0 amide bonds. The summed E-state index contributed by atoms with van der Waals surface area (Å²) in [5, 5.41) is 0. The molecule has 0 bridgehead atoms. The number of nitrogens with one attached hydrogen (secondary N) is 1. The fraction of sp³-hybridized carbons (Fsp3) is 0.200. The van der Waals surface area contributed by atoms with Crippen LogP contribution in [0.2, 0.25) is 0 Å². The highest BCUT2D eigenvalue weighted by Crippen LogP contribution is 2.24. The van der Waals surface area contributed by atoms with Crippen molar-refractivity contribution in [1.29, 1.82) is 0 Å². The van der Waals surface area contributed by atoms with E-state index >= 15 is 0 Å². The molecule has 0 saturated heterocycles. The maximum atomic E-state index is 13.6. The molecule has 0 aliphatic heterocycles. The average molecular weight is 309 g/mol. The Hall–Kier alpha value is -2.08. The van der Waals surface area contributed by atoms with Crippen molar-refractivity contribution in [2.75, 3.05) is 11.8 Å². The number of methoxy groups -OCH3 is 1. The lowest BCUT2D eigenvalue weighted by molar-refractivity contribution is 0.386. The van der Waals surface area contributed by atoms with Gasteiger partial charge in [0.2, 0.25) is 0 Å². The maximum Gasteiger partial charge on any atom is 0.262 e. The molecule has 0 aliphatic carbocycles. The molecule has 2 aromatic carbocycles. The molecule has 0 aromatic heterocycles. The molecule has 0 fully saturated rings. The topological polar surface area (TPSA) is 55.4 Å². The van der Waals surface area contributed by atoms with Crippen LogP contribution in [0.3, 0.4) is 0 Å². The normalized spacial score (nSPS) is 11.2. The Labute approximate surface area is 123 Å². The van der Waals surface area contributed by atoms with E-state index in [0.29, 0.717) is 5.56 Å². The van der Waals surface area contributed by atoms with E-state index in [9.17, 15) is 12.8 Å². The van der Waals surface area contributed by atoms with Gasteiger partial charge in [-0.25, -0.2) is 12.8 Å². The Morgan fingerprint density at radius 2 is 1.81 bits per heavy atom. The molecule has 0 saturated carbocycles. The summed E-state index contributed by atoms with van der Waals surface area (Å²) in [5.74, 6) is -0.566. The predicted molar refractivity (Wildman–Crippen MR) is 79.7 cm³/mol. The monoisotopic (exact) mass is 309 g/mol. The fourth-order valence-corrected chi connectivity index (χ4v) is 3.32.